The van der Waals surface area contributed by atoms with Crippen molar-refractivity contribution in [2.24, 2.45) is 0 Å². The van der Waals surface area contributed by atoms with Gasteiger partial charge >= 0.3 is 13.9 Å². The minimum absolute atomic E-state index is 0.0409. The third kappa shape index (κ3) is 8.82. The number of rotatable bonds is 12. The molecule has 0 bridgehead atoms. The van der Waals surface area contributed by atoms with Crippen molar-refractivity contribution in [1.82, 2.24) is 15.4 Å². The zero-order valence-corrected chi connectivity index (χ0v) is 21.2. The van der Waals surface area contributed by atoms with E-state index in [9.17, 15) is 22.9 Å². The van der Waals surface area contributed by atoms with Crippen molar-refractivity contribution in [3.63, 3.8) is 0 Å². The van der Waals surface area contributed by atoms with Gasteiger partial charge in [-0.15, -0.1) is 0 Å². The normalized spacial score (nSPS) is 12.2. The SMILES string of the molecule is CC(=O)N(NCc1cccc(F)c1F)[C@@H](CCCOP(=O)(O)O)COC(=O)Nc1cc2ccccc2cn1. The van der Waals surface area contributed by atoms with Gasteiger partial charge in [-0.3, -0.25) is 19.6 Å². The Morgan fingerprint density at radius 1 is 1.13 bits per heavy atom. The second-order valence-corrected chi connectivity index (χ2v) is 9.44. The molecule has 0 radical (unpaired) electrons. The topological polar surface area (TPSA) is 150 Å². The number of fused-ring (bicyclic) bond motifs is 1. The first kappa shape index (κ1) is 29.1. The summed E-state index contributed by atoms with van der Waals surface area (Å²) in [6.07, 6.45) is 0.887. The maximum Gasteiger partial charge on any atom is 0.469 e. The van der Waals surface area contributed by atoms with Crippen molar-refractivity contribution in [1.29, 1.82) is 0 Å². The number of anilines is 1. The Morgan fingerprint density at radius 3 is 2.58 bits per heavy atom. The zero-order valence-electron chi connectivity index (χ0n) is 20.3. The number of nitrogens with zero attached hydrogens (tertiary/aromatic N) is 2. The number of carbonyl (C=O) groups is 2. The van der Waals surface area contributed by atoms with Crippen molar-refractivity contribution in [2.45, 2.75) is 32.4 Å². The van der Waals surface area contributed by atoms with E-state index in [1.807, 2.05) is 24.3 Å². The van der Waals surface area contributed by atoms with Crippen LogP contribution >= 0.6 is 7.82 Å². The van der Waals surface area contributed by atoms with E-state index in [2.05, 4.69) is 20.3 Å². The number of nitrogens with one attached hydrogen (secondary N) is 2. The molecule has 4 N–H and O–H groups in total. The van der Waals surface area contributed by atoms with Crippen molar-refractivity contribution in [3.8, 4) is 0 Å². The van der Waals surface area contributed by atoms with Crippen molar-refractivity contribution in [3.05, 3.63) is 71.9 Å². The number of hydrogen-bond donors (Lipinski definition) is 4. The molecule has 2 amide bonds. The lowest BCUT2D eigenvalue weighted by Crippen LogP contribution is -2.50. The summed E-state index contributed by atoms with van der Waals surface area (Å²) in [6.45, 7) is 0.283. The summed E-state index contributed by atoms with van der Waals surface area (Å²) < 4.78 is 48.3. The number of hydrazine groups is 1. The molecule has 0 fully saturated rings. The Bertz CT molecular complexity index is 1320. The van der Waals surface area contributed by atoms with Gasteiger partial charge in [0, 0.05) is 30.6 Å². The number of amides is 2. The van der Waals surface area contributed by atoms with Gasteiger partial charge in [-0.25, -0.2) is 28.6 Å². The molecule has 38 heavy (non-hydrogen) atoms. The van der Waals surface area contributed by atoms with Crippen molar-refractivity contribution < 1.29 is 42.0 Å². The molecule has 0 aliphatic rings. The minimum Gasteiger partial charge on any atom is -0.447 e. The molecule has 3 aromatic rings. The Kier molecular flexibility index (Phi) is 10.2. The van der Waals surface area contributed by atoms with Crippen LogP contribution in [0.5, 0.6) is 0 Å². The molecule has 14 heteroatoms. The third-order valence-corrected chi connectivity index (χ3v) is 5.90. The van der Waals surface area contributed by atoms with E-state index >= 15 is 0 Å². The lowest BCUT2D eigenvalue weighted by atomic mass is 10.1. The Hall–Kier alpha value is -3.48. The number of phosphoric ester groups is 1. The molecule has 204 valence electrons. The second kappa shape index (κ2) is 13.4. The summed E-state index contributed by atoms with van der Waals surface area (Å²) in [5.41, 5.74) is 2.67. The Balaban J connectivity index is 1.67. The number of aromatic nitrogens is 1. The van der Waals surface area contributed by atoms with E-state index in [0.29, 0.717) is 0 Å². The number of halogens is 2. The minimum atomic E-state index is -4.69. The fraction of sp³-hybridized carbons (Fsp3) is 0.292. The predicted molar refractivity (Wildman–Crippen MR) is 133 cm³/mol. The average Bonchev–Trinajstić information content (AvgIpc) is 2.86. The highest BCUT2D eigenvalue weighted by molar-refractivity contribution is 7.46. The molecule has 2 aromatic carbocycles. The molecule has 11 nitrogen and oxygen atoms in total. The molecule has 0 saturated heterocycles. The maximum absolute atomic E-state index is 14.1. The molecule has 1 heterocycles. The summed E-state index contributed by atoms with van der Waals surface area (Å²) in [4.78, 5) is 46.8. The monoisotopic (exact) mass is 552 g/mol. The van der Waals surface area contributed by atoms with Gasteiger partial charge in [0.25, 0.3) is 0 Å². The van der Waals surface area contributed by atoms with Crippen LogP contribution in [-0.2, 0) is 25.2 Å². The van der Waals surface area contributed by atoms with E-state index in [0.717, 1.165) is 21.8 Å². The fourth-order valence-electron chi connectivity index (χ4n) is 3.61. The van der Waals surface area contributed by atoms with Crippen LogP contribution in [0, 0.1) is 11.6 Å². The second-order valence-electron chi connectivity index (χ2n) is 8.20. The van der Waals surface area contributed by atoms with E-state index in [4.69, 9.17) is 14.5 Å². The van der Waals surface area contributed by atoms with Crippen molar-refractivity contribution in [2.75, 3.05) is 18.5 Å². The third-order valence-electron chi connectivity index (χ3n) is 5.38. The predicted octanol–water partition coefficient (Wildman–Crippen LogP) is 3.87. The first-order chi connectivity index (χ1) is 18.0. The number of ether oxygens (including phenoxy) is 1. The zero-order chi connectivity index (χ0) is 27.7. The number of carbonyl (C=O) groups excluding carboxylic acids is 2. The van der Waals surface area contributed by atoms with E-state index in [1.54, 1.807) is 12.3 Å². The molecule has 0 saturated carbocycles. The molecule has 0 aliphatic carbocycles. The van der Waals surface area contributed by atoms with Crippen LogP contribution in [-0.4, -0.2) is 51.0 Å². The molecule has 0 spiro atoms. The van der Waals surface area contributed by atoms with Gasteiger partial charge in [0.05, 0.1) is 12.6 Å². The molecule has 3 rings (SSSR count). The number of pyridine rings is 1. The standard InChI is InChI=1S/C24H27F2N4O7P/c1-16(31)30(28-14-19-8-4-10-21(25)23(19)26)20(9-5-11-37-38(33,34)35)15-36-24(32)29-22-12-17-6-2-3-7-18(17)13-27-22/h2-4,6-8,10,12-13,20,28H,5,9,11,14-15H2,1H3,(H,27,29,32)(H2,33,34,35)/t20-/m0/s1. The van der Waals surface area contributed by atoms with Gasteiger partial charge in [-0.05, 0) is 30.4 Å². The van der Waals surface area contributed by atoms with Gasteiger partial charge in [-0.1, -0.05) is 36.4 Å². The number of benzene rings is 2. The van der Waals surface area contributed by atoms with Crippen LogP contribution in [0.15, 0.2) is 54.7 Å². The van der Waals surface area contributed by atoms with Gasteiger partial charge < -0.3 is 14.5 Å². The summed E-state index contributed by atoms with van der Waals surface area (Å²) in [5.74, 6) is -2.41. The largest absolute Gasteiger partial charge is 0.469 e. The van der Waals surface area contributed by atoms with Gasteiger partial charge in [0.1, 0.15) is 12.4 Å². The highest BCUT2D eigenvalue weighted by atomic mass is 31.2. The Labute approximate surface area is 217 Å². The van der Waals surface area contributed by atoms with Crippen LogP contribution in [0.1, 0.15) is 25.3 Å². The molecule has 1 atom stereocenters. The maximum atomic E-state index is 14.1. The number of phosphoric acid groups is 1. The number of hydrogen-bond acceptors (Lipinski definition) is 7. The first-order valence-corrected chi connectivity index (χ1v) is 13.0. The van der Waals surface area contributed by atoms with Crippen LogP contribution in [0.4, 0.5) is 19.4 Å². The molecular formula is C24H27F2N4O7P. The molecule has 0 aliphatic heterocycles. The van der Waals surface area contributed by atoms with Crippen LogP contribution in [0.3, 0.4) is 0 Å². The summed E-state index contributed by atoms with van der Waals surface area (Å²) >= 11 is 0. The lowest BCUT2D eigenvalue weighted by molar-refractivity contribution is -0.136. The fourth-order valence-corrected chi connectivity index (χ4v) is 3.97. The van der Waals surface area contributed by atoms with E-state index in [1.165, 1.54) is 19.1 Å². The van der Waals surface area contributed by atoms with Gasteiger partial charge in [-0.2, -0.15) is 0 Å². The lowest BCUT2D eigenvalue weighted by Gasteiger charge is -2.31. The smallest absolute Gasteiger partial charge is 0.447 e. The highest BCUT2D eigenvalue weighted by Gasteiger charge is 2.24. The van der Waals surface area contributed by atoms with Gasteiger partial charge in [0.15, 0.2) is 11.6 Å². The van der Waals surface area contributed by atoms with E-state index < -0.39 is 37.5 Å². The summed E-state index contributed by atoms with van der Waals surface area (Å²) in [5, 5.41) is 5.31. The van der Waals surface area contributed by atoms with Crippen LogP contribution in [0.2, 0.25) is 0 Å². The van der Waals surface area contributed by atoms with Gasteiger partial charge in [0.2, 0.25) is 5.91 Å². The van der Waals surface area contributed by atoms with Crippen LogP contribution < -0.4 is 10.7 Å². The van der Waals surface area contributed by atoms with Crippen LogP contribution in [0.25, 0.3) is 10.8 Å². The average molecular weight is 552 g/mol. The van der Waals surface area contributed by atoms with E-state index in [-0.39, 0.29) is 44.0 Å². The molecular weight excluding hydrogens is 525 g/mol. The highest BCUT2D eigenvalue weighted by Crippen LogP contribution is 2.35. The summed E-state index contributed by atoms with van der Waals surface area (Å²) in [7, 11) is -4.69. The van der Waals surface area contributed by atoms with Crippen molar-refractivity contribution >= 4 is 36.4 Å². The Morgan fingerprint density at radius 2 is 1.87 bits per heavy atom. The molecule has 0 unspecified atom stereocenters. The molecule has 1 aromatic heterocycles. The first-order valence-electron chi connectivity index (χ1n) is 11.5. The quantitative estimate of drug-likeness (QED) is 0.149. The summed E-state index contributed by atoms with van der Waals surface area (Å²) in [6, 6.07) is 11.8.